The summed E-state index contributed by atoms with van der Waals surface area (Å²) >= 11 is 0. The second-order valence-corrected chi connectivity index (χ2v) is 6.14. The summed E-state index contributed by atoms with van der Waals surface area (Å²) in [4.78, 5) is 35.7. The number of benzene rings is 2. The second-order valence-electron chi connectivity index (χ2n) is 6.14. The van der Waals surface area contributed by atoms with Crippen LogP contribution < -0.4 is 15.4 Å². The number of carboxylic acids is 1. The molecule has 7 heteroatoms. The monoisotopic (exact) mass is 384 g/mol. The fourth-order valence-electron chi connectivity index (χ4n) is 2.64. The Morgan fingerprint density at radius 1 is 1.00 bits per heavy atom. The molecule has 28 heavy (non-hydrogen) atoms. The van der Waals surface area contributed by atoms with Crippen LogP contribution in [0.3, 0.4) is 0 Å². The van der Waals surface area contributed by atoms with Gasteiger partial charge in [0.05, 0.1) is 24.6 Å². The minimum atomic E-state index is -0.987. The first-order chi connectivity index (χ1) is 13.5. The van der Waals surface area contributed by atoms with Crippen molar-refractivity contribution in [3.8, 4) is 5.75 Å². The zero-order valence-corrected chi connectivity index (χ0v) is 15.7. The van der Waals surface area contributed by atoms with E-state index in [2.05, 4.69) is 10.6 Å². The Hall–Kier alpha value is -3.35. The van der Waals surface area contributed by atoms with Crippen LogP contribution in [0.1, 0.15) is 22.8 Å². The van der Waals surface area contributed by atoms with Gasteiger partial charge >= 0.3 is 5.97 Å². The molecule has 0 saturated heterocycles. The SMILES string of the molecule is CCOc1ccccc1C(=O)NCC(=O)NCC(Cc1ccccc1)C(=O)O. The van der Waals surface area contributed by atoms with Gasteiger partial charge in [0, 0.05) is 6.54 Å². The predicted octanol–water partition coefficient (Wildman–Crippen LogP) is 1.87. The number of carbonyl (C=O) groups is 3. The normalized spacial score (nSPS) is 11.3. The number of nitrogens with one attached hydrogen (secondary N) is 2. The van der Waals surface area contributed by atoms with Crippen LogP contribution in [0.4, 0.5) is 0 Å². The van der Waals surface area contributed by atoms with E-state index in [1.54, 1.807) is 24.3 Å². The van der Waals surface area contributed by atoms with E-state index in [0.29, 0.717) is 24.3 Å². The number of amides is 2. The Balaban J connectivity index is 1.84. The van der Waals surface area contributed by atoms with Crippen molar-refractivity contribution in [3.63, 3.8) is 0 Å². The summed E-state index contributed by atoms with van der Waals surface area (Å²) in [7, 11) is 0. The average molecular weight is 384 g/mol. The summed E-state index contributed by atoms with van der Waals surface area (Å²) in [6.45, 7) is 1.96. The van der Waals surface area contributed by atoms with E-state index < -0.39 is 23.7 Å². The van der Waals surface area contributed by atoms with Gasteiger partial charge in [-0.25, -0.2) is 0 Å². The van der Waals surface area contributed by atoms with Gasteiger partial charge in [0.1, 0.15) is 5.75 Å². The molecule has 0 bridgehead atoms. The molecule has 0 spiro atoms. The highest BCUT2D eigenvalue weighted by atomic mass is 16.5. The quantitative estimate of drug-likeness (QED) is 0.580. The van der Waals surface area contributed by atoms with Crippen molar-refractivity contribution in [2.75, 3.05) is 19.7 Å². The lowest BCUT2D eigenvalue weighted by molar-refractivity contribution is -0.141. The van der Waals surface area contributed by atoms with Crippen LogP contribution in [0.15, 0.2) is 54.6 Å². The third-order valence-corrected chi connectivity index (χ3v) is 4.06. The second kappa shape index (κ2) is 10.7. The van der Waals surface area contributed by atoms with E-state index in [1.165, 1.54) is 0 Å². The largest absolute Gasteiger partial charge is 0.493 e. The topological polar surface area (TPSA) is 105 Å². The van der Waals surface area contributed by atoms with Gasteiger partial charge in [-0.1, -0.05) is 42.5 Å². The average Bonchev–Trinajstić information content (AvgIpc) is 2.70. The molecular formula is C21H24N2O5. The van der Waals surface area contributed by atoms with Crippen molar-refractivity contribution < 1.29 is 24.2 Å². The van der Waals surface area contributed by atoms with Crippen LogP contribution in [-0.2, 0) is 16.0 Å². The number of ether oxygens (including phenoxy) is 1. The lowest BCUT2D eigenvalue weighted by atomic mass is 9.99. The number of carboxylic acid groups (broad SMARTS) is 1. The summed E-state index contributed by atoms with van der Waals surface area (Å²) in [5.74, 6) is -2.18. The summed E-state index contributed by atoms with van der Waals surface area (Å²) in [6.07, 6.45) is 0.310. The number of rotatable bonds is 10. The highest BCUT2D eigenvalue weighted by molar-refractivity contribution is 5.98. The fraction of sp³-hybridized carbons (Fsp3) is 0.286. The maximum Gasteiger partial charge on any atom is 0.308 e. The van der Waals surface area contributed by atoms with E-state index in [-0.39, 0.29) is 13.1 Å². The maximum absolute atomic E-state index is 12.3. The molecular weight excluding hydrogens is 360 g/mol. The van der Waals surface area contributed by atoms with E-state index in [1.807, 2.05) is 37.3 Å². The molecule has 2 aromatic carbocycles. The Morgan fingerprint density at radius 3 is 2.36 bits per heavy atom. The number of aliphatic carboxylic acids is 1. The van der Waals surface area contributed by atoms with Gasteiger partial charge in [-0.15, -0.1) is 0 Å². The van der Waals surface area contributed by atoms with Crippen LogP contribution in [0.25, 0.3) is 0 Å². The van der Waals surface area contributed by atoms with Crippen molar-refractivity contribution in [1.29, 1.82) is 0 Å². The molecule has 0 saturated carbocycles. The van der Waals surface area contributed by atoms with Gasteiger partial charge in [0.25, 0.3) is 5.91 Å². The van der Waals surface area contributed by atoms with E-state index in [4.69, 9.17) is 4.74 Å². The Morgan fingerprint density at radius 2 is 1.68 bits per heavy atom. The van der Waals surface area contributed by atoms with Gasteiger partial charge in [0.15, 0.2) is 0 Å². The summed E-state index contributed by atoms with van der Waals surface area (Å²) in [5.41, 5.74) is 1.22. The van der Waals surface area contributed by atoms with Crippen molar-refractivity contribution in [3.05, 3.63) is 65.7 Å². The van der Waals surface area contributed by atoms with E-state index in [0.717, 1.165) is 5.56 Å². The molecule has 0 aliphatic rings. The zero-order chi connectivity index (χ0) is 20.4. The standard InChI is InChI=1S/C21H24N2O5/c1-2-28-18-11-7-6-10-17(18)20(25)23-14-19(24)22-13-16(21(26)27)12-15-8-4-3-5-9-15/h3-11,16H,2,12-14H2,1H3,(H,22,24)(H,23,25)(H,26,27). The summed E-state index contributed by atoms with van der Waals surface area (Å²) < 4.78 is 5.40. The molecule has 1 unspecified atom stereocenters. The van der Waals surface area contributed by atoms with Crippen molar-refractivity contribution in [2.45, 2.75) is 13.3 Å². The third kappa shape index (κ3) is 6.42. The highest BCUT2D eigenvalue weighted by Gasteiger charge is 2.19. The predicted molar refractivity (Wildman–Crippen MR) is 104 cm³/mol. The first-order valence-electron chi connectivity index (χ1n) is 9.04. The van der Waals surface area contributed by atoms with Crippen molar-refractivity contribution >= 4 is 17.8 Å². The van der Waals surface area contributed by atoms with Crippen LogP contribution >= 0.6 is 0 Å². The molecule has 0 aromatic heterocycles. The Bertz CT molecular complexity index is 807. The molecule has 0 aliphatic carbocycles. The van der Waals surface area contributed by atoms with Gasteiger partial charge in [-0.05, 0) is 31.0 Å². The van der Waals surface area contributed by atoms with Gasteiger partial charge in [-0.3, -0.25) is 14.4 Å². The molecule has 0 aliphatic heterocycles. The highest BCUT2D eigenvalue weighted by Crippen LogP contribution is 2.17. The Labute approximate surface area is 163 Å². The molecule has 7 nitrogen and oxygen atoms in total. The number of carbonyl (C=O) groups excluding carboxylic acids is 2. The zero-order valence-electron chi connectivity index (χ0n) is 15.7. The molecule has 148 valence electrons. The minimum absolute atomic E-state index is 0.0194. The van der Waals surface area contributed by atoms with Gasteiger partial charge < -0.3 is 20.5 Å². The summed E-state index contributed by atoms with van der Waals surface area (Å²) in [5, 5.41) is 14.4. The minimum Gasteiger partial charge on any atom is -0.493 e. The molecule has 3 N–H and O–H groups in total. The third-order valence-electron chi connectivity index (χ3n) is 4.06. The van der Waals surface area contributed by atoms with Crippen LogP contribution in [-0.4, -0.2) is 42.6 Å². The van der Waals surface area contributed by atoms with Crippen LogP contribution in [0.5, 0.6) is 5.75 Å². The molecule has 0 radical (unpaired) electrons. The molecule has 2 aromatic rings. The lowest BCUT2D eigenvalue weighted by Gasteiger charge is -2.14. The fourth-order valence-corrected chi connectivity index (χ4v) is 2.64. The molecule has 2 rings (SSSR count). The summed E-state index contributed by atoms with van der Waals surface area (Å²) in [6, 6.07) is 16.0. The van der Waals surface area contributed by atoms with E-state index >= 15 is 0 Å². The first-order valence-corrected chi connectivity index (χ1v) is 9.04. The Kier molecular flexibility index (Phi) is 8.02. The molecule has 1 atom stereocenters. The molecule has 0 fully saturated rings. The van der Waals surface area contributed by atoms with Crippen LogP contribution in [0, 0.1) is 5.92 Å². The number of para-hydroxylation sites is 1. The smallest absolute Gasteiger partial charge is 0.308 e. The first kappa shape index (κ1) is 21.0. The molecule has 2 amide bonds. The lowest BCUT2D eigenvalue weighted by Crippen LogP contribution is -2.40. The molecule has 0 heterocycles. The number of hydrogen-bond acceptors (Lipinski definition) is 4. The maximum atomic E-state index is 12.3. The van der Waals surface area contributed by atoms with Crippen LogP contribution in [0.2, 0.25) is 0 Å². The van der Waals surface area contributed by atoms with Gasteiger partial charge in [-0.2, -0.15) is 0 Å². The number of hydrogen-bond donors (Lipinski definition) is 3. The van der Waals surface area contributed by atoms with Crippen molar-refractivity contribution in [2.24, 2.45) is 5.92 Å². The van der Waals surface area contributed by atoms with E-state index in [9.17, 15) is 19.5 Å². The van der Waals surface area contributed by atoms with Crippen molar-refractivity contribution in [1.82, 2.24) is 10.6 Å². The van der Waals surface area contributed by atoms with Gasteiger partial charge in [0.2, 0.25) is 5.91 Å².